The molecule has 0 atom stereocenters. The van der Waals surface area contributed by atoms with Crippen molar-refractivity contribution in [1.82, 2.24) is 20.0 Å². The van der Waals surface area contributed by atoms with Gasteiger partial charge in [0.25, 0.3) is 0 Å². The first-order valence-corrected chi connectivity index (χ1v) is 14.1. The summed E-state index contributed by atoms with van der Waals surface area (Å²) >= 11 is 0. The van der Waals surface area contributed by atoms with Crippen molar-refractivity contribution in [2.75, 3.05) is 6.98 Å². The Balaban J connectivity index is 1.61. The lowest BCUT2D eigenvalue weighted by atomic mass is 10.1. The normalized spacial score (nSPS) is 14.5. The Kier molecular flexibility index (Phi) is 6.37. The molecule has 0 unspecified atom stereocenters. The number of aryl methyl sites for hydroxylation is 1. The van der Waals surface area contributed by atoms with E-state index in [1.807, 2.05) is 0 Å². The minimum atomic E-state index is -3.42. The number of hydrogen-bond donors (Lipinski definition) is 0. The lowest BCUT2D eigenvalue weighted by molar-refractivity contribution is 0.0285. The fourth-order valence-electron chi connectivity index (χ4n) is 3.63. The van der Waals surface area contributed by atoms with Crippen molar-refractivity contribution in [3.63, 3.8) is 0 Å². The monoisotopic (exact) mass is 567 g/mol. The predicted octanol–water partition coefficient (Wildman–Crippen LogP) is 6.32. The number of ether oxygens (including phenoxy) is 1. The molecule has 2 aromatic carbocycles. The number of rotatable bonds is 7. The van der Waals surface area contributed by atoms with Crippen molar-refractivity contribution in [2.24, 2.45) is 0 Å². The summed E-state index contributed by atoms with van der Waals surface area (Å²) in [7, 11) is -3.42. The topological polar surface area (TPSA) is 115 Å². The van der Waals surface area contributed by atoms with Crippen molar-refractivity contribution in [3.05, 3.63) is 72.1 Å². The highest BCUT2D eigenvalue weighted by Gasteiger charge is 2.21. The Morgan fingerprint density at radius 3 is 2.30 bits per heavy atom. The third kappa shape index (κ3) is 6.56. The molecule has 0 radical (unpaired) electrons. The van der Waals surface area contributed by atoms with Crippen LogP contribution in [0.2, 0.25) is 0 Å². The molecule has 0 saturated heterocycles. The maximum atomic E-state index is 12.7. The van der Waals surface area contributed by atoms with Crippen LogP contribution in [-0.4, -0.2) is 52.4 Å². The molecule has 0 aliphatic carbocycles. The highest BCUT2D eigenvalue weighted by molar-refractivity contribution is 7.92. The minimum absolute atomic E-state index is 0.0847. The number of benzene rings is 2. The van der Waals surface area contributed by atoms with Crippen LogP contribution in [0.5, 0.6) is 0 Å². The smallest absolute Gasteiger partial charge is 0.410 e. The summed E-state index contributed by atoms with van der Waals surface area (Å²) in [6, 6.07) is 13.8. The molecule has 2 aromatic heterocycles. The van der Waals surface area contributed by atoms with E-state index >= 15 is 0 Å². The summed E-state index contributed by atoms with van der Waals surface area (Å²) < 4.78 is 76.2. The highest BCUT2D eigenvalue weighted by Crippen LogP contribution is 2.29. The fraction of sp³-hybridized carbons (Fsp3) is 0.333. The van der Waals surface area contributed by atoms with Gasteiger partial charge in [0, 0.05) is 34.8 Å². The maximum Gasteiger partial charge on any atom is 0.410 e. The number of amides is 1. The second kappa shape index (κ2) is 11.2. The van der Waals surface area contributed by atoms with Crippen LogP contribution in [0.15, 0.2) is 70.2 Å². The standard InChI is InChI=1S/C30H34N4O5S/c1-19(2)40(36,37)24-14-12-23(13-15-24)26-17-31-20(3)28(32-26)27-16-25(33-39-27)22-10-8-21(9-11-22)18-34(7)29(35)38-30(4,5)6/h8-17,19H,18H2,1-7H3/i7D3,18D2. The summed E-state index contributed by atoms with van der Waals surface area (Å²) in [6.07, 6.45) is 0.266. The molecule has 1 amide bonds. The van der Waals surface area contributed by atoms with Crippen LogP contribution in [0.3, 0.4) is 0 Å². The van der Waals surface area contributed by atoms with Crippen LogP contribution in [0.4, 0.5) is 4.79 Å². The zero-order valence-electron chi connectivity index (χ0n) is 28.1. The molecule has 0 aliphatic rings. The SMILES string of the molecule is [2H]C([2H])([2H])N(C(=O)OC(C)(C)C)C([2H])([2H])c1ccc(-c2cc(-c3nc(-c4ccc(S(=O)(=O)C(C)C)cc4)cnc3C)on2)cc1. The van der Waals surface area contributed by atoms with Crippen LogP contribution < -0.4 is 0 Å². The van der Waals surface area contributed by atoms with E-state index in [9.17, 15) is 13.2 Å². The lowest BCUT2D eigenvalue weighted by Gasteiger charge is -2.24. The number of sulfone groups is 1. The number of aromatic nitrogens is 3. The van der Waals surface area contributed by atoms with Gasteiger partial charge in [-0.05, 0) is 59.2 Å². The van der Waals surface area contributed by atoms with Crippen LogP contribution in [0, 0.1) is 6.92 Å². The van der Waals surface area contributed by atoms with E-state index in [2.05, 4.69) is 15.1 Å². The van der Waals surface area contributed by atoms with Gasteiger partial charge in [-0.1, -0.05) is 41.6 Å². The van der Waals surface area contributed by atoms with Crippen molar-refractivity contribution < 1.29 is 29.3 Å². The zero-order valence-corrected chi connectivity index (χ0v) is 23.9. The van der Waals surface area contributed by atoms with E-state index in [0.717, 1.165) is 0 Å². The molecule has 2 heterocycles. The van der Waals surface area contributed by atoms with E-state index in [1.165, 1.54) is 36.4 Å². The molecule has 0 bridgehead atoms. The largest absolute Gasteiger partial charge is 0.444 e. The van der Waals surface area contributed by atoms with Gasteiger partial charge in [0.2, 0.25) is 0 Å². The maximum absolute atomic E-state index is 12.7. The van der Waals surface area contributed by atoms with Gasteiger partial charge in [0.05, 0.1) is 30.5 Å². The average molecular weight is 568 g/mol. The Morgan fingerprint density at radius 2 is 1.70 bits per heavy atom. The summed E-state index contributed by atoms with van der Waals surface area (Å²) in [5.41, 5.74) is 1.95. The first-order chi connectivity index (χ1) is 20.7. The Labute approximate surface area is 242 Å². The first kappa shape index (κ1) is 22.7. The summed E-state index contributed by atoms with van der Waals surface area (Å²) in [5.74, 6) is 0.314. The Bertz CT molecular complexity index is 1800. The second-order valence-corrected chi connectivity index (χ2v) is 12.9. The van der Waals surface area contributed by atoms with Crippen LogP contribution in [0.25, 0.3) is 34.0 Å². The molecule has 0 saturated carbocycles. The van der Waals surface area contributed by atoms with Gasteiger partial charge in [-0.2, -0.15) is 0 Å². The van der Waals surface area contributed by atoms with Gasteiger partial charge >= 0.3 is 6.09 Å². The number of carbonyl (C=O) groups excluding carboxylic acids is 1. The second-order valence-electron chi connectivity index (χ2n) is 10.4. The van der Waals surface area contributed by atoms with Crippen LogP contribution >= 0.6 is 0 Å². The van der Waals surface area contributed by atoms with Gasteiger partial charge in [0.1, 0.15) is 17.0 Å². The van der Waals surface area contributed by atoms with Gasteiger partial charge < -0.3 is 14.2 Å². The Morgan fingerprint density at radius 1 is 1.07 bits per heavy atom. The molecule has 4 rings (SSSR count). The van der Waals surface area contributed by atoms with E-state index in [4.69, 9.17) is 16.1 Å². The average Bonchev–Trinajstić information content (AvgIpc) is 3.41. The van der Waals surface area contributed by atoms with Crippen LogP contribution in [0.1, 0.15) is 52.7 Å². The van der Waals surface area contributed by atoms with Crippen molar-refractivity contribution in [1.29, 1.82) is 0 Å². The molecular formula is C30H34N4O5S. The molecule has 9 nitrogen and oxygen atoms in total. The summed E-state index contributed by atoms with van der Waals surface area (Å²) in [5, 5.41) is 3.57. The quantitative estimate of drug-likeness (QED) is 0.255. The summed E-state index contributed by atoms with van der Waals surface area (Å²) in [4.78, 5) is 22.2. The van der Waals surface area contributed by atoms with E-state index in [-0.39, 0.29) is 15.4 Å². The number of hydrogen-bond acceptors (Lipinski definition) is 8. The zero-order chi connectivity index (χ0) is 33.5. The highest BCUT2D eigenvalue weighted by atomic mass is 32.2. The molecular weight excluding hydrogens is 528 g/mol. The third-order valence-corrected chi connectivity index (χ3v) is 7.97. The molecule has 0 fully saturated rings. The fourth-order valence-corrected chi connectivity index (χ4v) is 4.69. The molecule has 210 valence electrons. The number of carbonyl (C=O) groups is 1. The molecule has 0 aliphatic heterocycles. The van der Waals surface area contributed by atoms with Crippen molar-refractivity contribution in [3.8, 4) is 34.0 Å². The van der Waals surface area contributed by atoms with E-state index < -0.39 is 40.3 Å². The van der Waals surface area contributed by atoms with E-state index in [0.29, 0.717) is 39.7 Å². The lowest BCUT2D eigenvalue weighted by Crippen LogP contribution is -2.33. The molecule has 40 heavy (non-hydrogen) atoms. The van der Waals surface area contributed by atoms with Gasteiger partial charge in [-0.3, -0.25) is 4.98 Å². The van der Waals surface area contributed by atoms with Gasteiger partial charge in [-0.15, -0.1) is 0 Å². The van der Waals surface area contributed by atoms with Crippen molar-refractivity contribution in [2.45, 2.75) is 63.8 Å². The van der Waals surface area contributed by atoms with Crippen LogP contribution in [-0.2, 0) is 21.1 Å². The molecule has 0 N–H and O–H groups in total. The van der Waals surface area contributed by atoms with Gasteiger partial charge in [-0.25, -0.2) is 18.2 Å². The minimum Gasteiger partial charge on any atom is -0.444 e. The molecule has 4 aromatic rings. The third-order valence-electron chi connectivity index (χ3n) is 5.80. The van der Waals surface area contributed by atoms with E-state index in [1.54, 1.807) is 65.9 Å². The number of nitrogens with zero attached hydrogens (tertiary/aromatic N) is 4. The predicted molar refractivity (Wildman–Crippen MR) is 153 cm³/mol. The first-order valence-electron chi connectivity index (χ1n) is 15.0. The molecule has 10 heteroatoms. The van der Waals surface area contributed by atoms with Crippen molar-refractivity contribution >= 4 is 15.9 Å². The Hall–Kier alpha value is -4.05. The summed E-state index contributed by atoms with van der Waals surface area (Å²) in [6.45, 7) is 3.83. The molecule has 0 spiro atoms. The van der Waals surface area contributed by atoms with Gasteiger partial charge in [0.15, 0.2) is 15.6 Å².